The molecule has 0 aliphatic heterocycles. The molecule has 0 spiro atoms. The first-order valence-electron chi connectivity index (χ1n) is 11.9. The lowest BCUT2D eigenvalue weighted by Gasteiger charge is -2.28. The Morgan fingerprint density at radius 1 is 0.889 bits per heavy atom. The normalized spacial score (nSPS) is 12.9. The summed E-state index contributed by atoms with van der Waals surface area (Å²) < 4.78 is 8.97. The highest BCUT2D eigenvalue weighted by Crippen LogP contribution is 2.37. The Morgan fingerprint density at radius 3 is 2.25 bits per heavy atom. The van der Waals surface area contributed by atoms with E-state index in [4.69, 9.17) is 4.74 Å². The molecule has 0 saturated heterocycles. The molecule has 2 aromatic heterocycles. The zero-order chi connectivity index (χ0) is 25.1. The van der Waals surface area contributed by atoms with Gasteiger partial charge >= 0.3 is 0 Å². The van der Waals surface area contributed by atoms with Crippen molar-refractivity contribution < 1.29 is 9.84 Å². The van der Waals surface area contributed by atoms with Gasteiger partial charge in [-0.25, -0.2) is 4.68 Å². The zero-order valence-corrected chi connectivity index (χ0v) is 20.7. The summed E-state index contributed by atoms with van der Waals surface area (Å²) in [5.41, 5.74) is 4.57. The second kappa shape index (κ2) is 9.79. The molecule has 0 amide bonds. The first-order chi connectivity index (χ1) is 17.5. The first-order valence-corrected chi connectivity index (χ1v) is 11.9. The highest BCUT2D eigenvalue weighted by molar-refractivity contribution is 5.65. The molecule has 1 atom stereocenters. The topological polar surface area (TPSA) is 78.0 Å². The third kappa shape index (κ3) is 4.65. The first kappa shape index (κ1) is 23.5. The number of hydrogen-bond acceptors (Lipinski definition) is 5. The second-order valence-corrected chi connectivity index (χ2v) is 9.10. The van der Waals surface area contributed by atoms with Crippen LogP contribution in [0.3, 0.4) is 0 Å². The van der Waals surface area contributed by atoms with E-state index < -0.39 is 5.60 Å². The third-order valence-electron chi connectivity index (χ3n) is 6.35. The van der Waals surface area contributed by atoms with Crippen LogP contribution in [-0.2, 0) is 18.7 Å². The fraction of sp³-hybridized carbons (Fsp3) is 0.207. The van der Waals surface area contributed by atoms with Crippen LogP contribution in [0.2, 0.25) is 0 Å². The Morgan fingerprint density at radius 2 is 1.61 bits per heavy atom. The molecule has 1 N–H and O–H groups in total. The molecule has 0 aliphatic carbocycles. The fourth-order valence-corrected chi connectivity index (χ4v) is 4.41. The SMILES string of the molecule is COc1ccc(-c2c(C(O)(Cn3cc(C)cn3)c3ccc(C)cc3)nnn2Cc2ccccc2)cc1. The van der Waals surface area contributed by atoms with Gasteiger partial charge in [-0.1, -0.05) is 65.4 Å². The molecule has 36 heavy (non-hydrogen) atoms. The Labute approximate surface area is 210 Å². The summed E-state index contributed by atoms with van der Waals surface area (Å²) in [6.07, 6.45) is 3.70. The Bertz CT molecular complexity index is 1440. The minimum absolute atomic E-state index is 0.192. The Kier molecular flexibility index (Phi) is 6.40. The molecule has 0 fully saturated rings. The standard InChI is InChI=1S/C29H29N5O2/c1-21-9-13-25(14-10-21)29(35,20-33-18-22(2)17-30-33)28-27(24-11-15-26(36-3)16-12-24)34(32-31-28)19-23-7-5-4-6-8-23/h4-18,35H,19-20H2,1-3H3. The van der Waals surface area contributed by atoms with Gasteiger partial charge in [0.1, 0.15) is 11.4 Å². The molecule has 0 radical (unpaired) electrons. The molecule has 5 aromatic rings. The van der Waals surface area contributed by atoms with Crippen molar-refractivity contribution in [3.05, 3.63) is 119 Å². The second-order valence-electron chi connectivity index (χ2n) is 9.10. The molecule has 7 nitrogen and oxygen atoms in total. The lowest BCUT2D eigenvalue weighted by molar-refractivity contribution is 0.0534. The zero-order valence-electron chi connectivity index (χ0n) is 20.7. The van der Waals surface area contributed by atoms with Crippen LogP contribution < -0.4 is 4.74 Å². The van der Waals surface area contributed by atoms with Crippen molar-refractivity contribution in [3.8, 4) is 17.0 Å². The van der Waals surface area contributed by atoms with E-state index in [1.54, 1.807) is 18.0 Å². The predicted octanol–water partition coefficient (Wildman–Crippen LogP) is 4.75. The molecule has 2 heterocycles. The Hall–Kier alpha value is -4.23. The minimum Gasteiger partial charge on any atom is -0.497 e. The summed E-state index contributed by atoms with van der Waals surface area (Å²) in [5.74, 6) is 0.753. The molecular weight excluding hydrogens is 450 g/mol. The monoisotopic (exact) mass is 479 g/mol. The number of rotatable bonds is 8. The van der Waals surface area contributed by atoms with Crippen LogP contribution in [0.4, 0.5) is 0 Å². The number of nitrogens with zero attached hydrogens (tertiary/aromatic N) is 5. The number of aromatic nitrogens is 5. The molecule has 3 aromatic carbocycles. The largest absolute Gasteiger partial charge is 0.497 e. The maximum Gasteiger partial charge on any atom is 0.155 e. The summed E-state index contributed by atoms with van der Waals surface area (Å²) in [7, 11) is 1.64. The molecule has 5 rings (SSSR count). The van der Waals surface area contributed by atoms with Crippen LogP contribution >= 0.6 is 0 Å². The van der Waals surface area contributed by atoms with Gasteiger partial charge in [0.2, 0.25) is 0 Å². The average Bonchev–Trinajstić information content (AvgIpc) is 3.51. The minimum atomic E-state index is -1.48. The van der Waals surface area contributed by atoms with E-state index in [0.29, 0.717) is 12.2 Å². The lowest BCUT2D eigenvalue weighted by Crippen LogP contribution is -2.34. The molecule has 0 aliphatic rings. The van der Waals surface area contributed by atoms with Crippen LogP contribution in [0, 0.1) is 13.8 Å². The van der Waals surface area contributed by atoms with Gasteiger partial charge < -0.3 is 9.84 Å². The van der Waals surface area contributed by atoms with E-state index in [2.05, 4.69) is 27.5 Å². The van der Waals surface area contributed by atoms with Crippen molar-refractivity contribution in [3.63, 3.8) is 0 Å². The summed E-state index contributed by atoms with van der Waals surface area (Å²) in [6, 6.07) is 25.7. The molecular formula is C29H29N5O2. The molecule has 0 bridgehead atoms. The van der Waals surface area contributed by atoms with Crippen molar-refractivity contribution >= 4 is 0 Å². The smallest absolute Gasteiger partial charge is 0.155 e. The third-order valence-corrected chi connectivity index (χ3v) is 6.35. The van der Waals surface area contributed by atoms with E-state index in [1.807, 2.05) is 91.5 Å². The van der Waals surface area contributed by atoms with Gasteiger partial charge in [-0.3, -0.25) is 4.68 Å². The lowest BCUT2D eigenvalue weighted by atomic mass is 9.87. The van der Waals surface area contributed by atoms with E-state index in [1.165, 1.54) is 0 Å². The quantitative estimate of drug-likeness (QED) is 0.347. The highest BCUT2D eigenvalue weighted by atomic mass is 16.5. The number of methoxy groups -OCH3 is 1. The van der Waals surface area contributed by atoms with Crippen LogP contribution in [-0.4, -0.2) is 37.0 Å². The number of hydrogen-bond donors (Lipinski definition) is 1. The molecule has 182 valence electrons. The van der Waals surface area contributed by atoms with Crippen molar-refractivity contribution in [2.24, 2.45) is 0 Å². The summed E-state index contributed by atoms with van der Waals surface area (Å²) >= 11 is 0. The molecule has 7 heteroatoms. The average molecular weight is 480 g/mol. The predicted molar refractivity (Wildman–Crippen MR) is 139 cm³/mol. The number of aryl methyl sites for hydroxylation is 2. The van der Waals surface area contributed by atoms with Crippen molar-refractivity contribution in [2.45, 2.75) is 32.5 Å². The van der Waals surface area contributed by atoms with Crippen molar-refractivity contribution in [2.75, 3.05) is 7.11 Å². The van der Waals surface area contributed by atoms with Crippen LogP contribution in [0.15, 0.2) is 91.3 Å². The van der Waals surface area contributed by atoms with Gasteiger partial charge in [0.15, 0.2) is 5.60 Å². The van der Waals surface area contributed by atoms with Crippen molar-refractivity contribution in [1.29, 1.82) is 0 Å². The maximum absolute atomic E-state index is 12.4. The number of aliphatic hydroxyl groups is 1. The van der Waals surface area contributed by atoms with Gasteiger partial charge in [-0.05, 0) is 54.8 Å². The molecule has 0 saturated carbocycles. The van der Waals surface area contributed by atoms with E-state index >= 15 is 0 Å². The van der Waals surface area contributed by atoms with Gasteiger partial charge in [0.05, 0.1) is 32.1 Å². The summed E-state index contributed by atoms with van der Waals surface area (Å²) in [5, 5.41) is 26.0. The van der Waals surface area contributed by atoms with Gasteiger partial charge in [-0.15, -0.1) is 5.10 Å². The van der Waals surface area contributed by atoms with E-state index in [0.717, 1.165) is 39.3 Å². The summed E-state index contributed by atoms with van der Waals surface area (Å²) in [6.45, 7) is 4.71. The fourth-order valence-electron chi connectivity index (χ4n) is 4.41. The van der Waals surface area contributed by atoms with E-state index in [-0.39, 0.29) is 6.54 Å². The van der Waals surface area contributed by atoms with Gasteiger partial charge in [-0.2, -0.15) is 5.10 Å². The Balaban J connectivity index is 1.70. The summed E-state index contributed by atoms with van der Waals surface area (Å²) in [4.78, 5) is 0. The highest BCUT2D eigenvalue weighted by Gasteiger charge is 2.39. The van der Waals surface area contributed by atoms with Gasteiger partial charge in [0, 0.05) is 11.8 Å². The van der Waals surface area contributed by atoms with E-state index in [9.17, 15) is 5.11 Å². The number of benzene rings is 3. The maximum atomic E-state index is 12.4. The number of ether oxygens (including phenoxy) is 1. The van der Waals surface area contributed by atoms with Crippen LogP contribution in [0.5, 0.6) is 5.75 Å². The van der Waals surface area contributed by atoms with Crippen LogP contribution in [0.1, 0.15) is 27.9 Å². The van der Waals surface area contributed by atoms with Crippen molar-refractivity contribution in [1.82, 2.24) is 24.8 Å². The van der Waals surface area contributed by atoms with Gasteiger partial charge in [0.25, 0.3) is 0 Å². The van der Waals surface area contributed by atoms with Crippen LogP contribution in [0.25, 0.3) is 11.3 Å². The molecule has 1 unspecified atom stereocenters.